The van der Waals surface area contributed by atoms with Crippen LogP contribution in [0.2, 0.25) is 0 Å². The van der Waals surface area contributed by atoms with Crippen molar-refractivity contribution in [1.29, 1.82) is 0 Å². The van der Waals surface area contributed by atoms with E-state index in [0.717, 1.165) is 12.2 Å². The van der Waals surface area contributed by atoms with Gasteiger partial charge in [-0.05, 0) is 12.1 Å². The van der Waals surface area contributed by atoms with Crippen molar-refractivity contribution in [2.45, 2.75) is 13.0 Å². The van der Waals surface area contributed by atoms with E-state index in [-0.39, 0.29) is 5.69 Å². The van der Waals surface area contributed by atoms with Crippen molar-refractivity contribution in [3.8, 4) is 11.6 Å². The maximum Gasteiger partial charge on any atom is 0.354 e. The summed E-state index contributed by atoms with van der Waals surface area (Å²) in [4.78, 5) is 19.7. The van der Waals surface area contributed by atoms with Crippen LogP contribution < -0.4 is 5.32 Å². The SMILES string of the molecule is O=C(O)c1nc(-c2ccco2)nc2c1CNCC2. The lowest BCUT2D eigenvalue weighted by Gasteiger charge is -2.17. The van der Waals surface area contributed by atoms with Crippen molar-refractivity contribution in [1.82, 2.24) is 15.3 Å². The summed E-state index contributed by atoms with van der Waals surface area (Å²) in [7, 11) is 0. The Balaban J connectivity index is 2.18. The molecule has 6 nitrogen and oxygen atoms in total. The highest BCUT2D eigenvalue weighted by Gasteiger charge is 2.22. The van der Waals surface area contributed by atoms with Crippen LogP contribution in [0.5, 0.6) is 0 Å². The molecule has 0 unspecified atom stereocenters. The van der Waals surface area contributed by atoms with E-state index in [9.17, 15) is 9.90 Å². The normalized spacial score (nSPS) is 14.2. The molecule has 2 aromatic heterocycles. The van der Waals surface area contributed by atoms with Crippen LogP contribution in [0.1, 0.15) is 21.7 Å². The van der Waals surface area contributed by atoms with Gasteiger partial charge in [-0.3, -0.25) is 0 Å². The Hall–Kier alpha value is -2.21. The molecule has 0 aromatic carbocycles. The molecule has 0 bridgehead atoms. The largest absolute Gasteiger partial charge is 0.476 e. The summed E-state index contributed by atoms with van der Waals surface area (Å²) in [5.41, 5.74) is 1.51. The van der Waals surface area contributed by atoms with Gasteiger partial charge >= 0.3 is 5.97 Å². The molecule has 0 fully saturated rings. The van der Waals surface area contributed by atoms with Gasteiger partial charge in [0.25, 0.3) is 0 Å². The van der Waals surface area contributed by atoms with Crippen LogP contribution in [0.15, 0.2) is 22.8 Å². The summed E-state index contributed by atoms with van der Waals surface area (Å²) >= 11 is 0. The van der Waals surface area contributed by atoms with Gasteiger partial charge in [-0.25, -0.2) is 14.8 Å². The van der Waals surface area contributed by atoms with E-state index >= 15 is 0 Å². The molecule has 0 amide bonds. The first kappa shape index (κ1) is 10.9. The Bertz CT molecular complexity index is 593. The predicted octanol–water partition coefficient (Wildman–Crippen LogP) is 1.08. The first-order chi connectivity index (χ1) is 8.75. The second-order valence-electron chi connectivity index (χ2n) is 4.03. The van der Waals surface area contributed by atoms with Crippen LogP contribution in [-0.2, 0) is 13.0 Å². The lowest BCUT2D eigenvalue weighted by atomic mass is 10.1. The van der Waals surface area contributed by atoms with Crippen molar-refractivity contribution in [3.05, 3.63) is 35.3 Å². The number of carboxylic acid groups (broad SMARTS) is 1. The van der Waals surface area contributed by atoms with Gasteiger partial charge in [-0.15, -0.1) is 0 Å². The molecule has 2 aromatic rings. The lowest BCUT2D eigenvalue weighted by Crippen LogP contribution is -2.28. The minimum Gasteiger partial charge on any atom is -0.476 e. The number of fused-ring (bicyclic) bond motifs is 1. The molecule has 0 radical (unpaired) electrons. The number of aromatic nitrogens is 2. The number of carbonyl (C=O) groups is 1. The Kier molecular flexibility index (Phi) is 2.56. The third-order valence-electron chi connectivity index (χ3n) is 2.88. The van der Waals surface area contributed by atoms with Crippen molar-refractivity contribution >= 4 is 5.97 Å². The number of carboxylic acids is 1. The highest BCUT2D eigenvalue weighted by Crippen LogP contribution is 2.21. The van der Waals surface area contributed by atoms with E-state index in [1.165, 1.54) is 6.26 Å². The molecule has 0 spiro atoms. The quantitative estimate of drug-likeness (QED) is 0.823. The average Bonchev–Trinajstić information content (AvgIpc) is 2.91. The molecule has 92 valence electrons. The second kappa shape index (κ2) is 4.23. The zero-order chi connectivity index (χ0) is 12.5. The highest BCUT2D eigenvalue weighted by molar-refractivity contribution is 5.88. The minimum absolute atomic E-state index is 0.0543. The topological polar surface area (TPSA) is 88.2 Å². The molecule has 3 heterocycles. The van der Waals surface area contributed by atoms with Gasteiger partial charge in [0.1, 0.15) is 0 Å². The van der Waals surface area contributed by atoms with Crippen LogP contribution in [0.3, 0.4) is 0 Å². The summed E-state index contributed by atoms with van der Waals surface area (Å²) in [5.74, 6) is -0.220. The maximum absolute atomic E-state index is 11.2. The lowest BCUT2D eigenvalue weighted by molar-refractivity contribution is 0.0688. The smallest absolute Gasteiger partial charge is 0.354 e. The molecular weight excluding hydrogens is 234 g/mol. The van der Waals surface area contributed by atoms with Gasteiger partial charge in [0, 0.05) is 25.1 Å². The van der Waals surface area contributed by atoms with Crippen molar-refractivity contribution in [2.24, 2.45) is 0 Å². The molecule has 0 atom stereocenters. The Morgan fingerprint density at radius 2 is 2.33 bits per heavy atom. The third kappa shape index (κ3) is 1.76. The average molecular weight is 245 g/mol. The monoisotopic (exact) mass is 245 g/mol. The van der Waals surface area contributed by atoms with E-state index in [1.807, 2.05) is 0 Å². The van der Waals surface area contributed by atoms with Crippen LogP contribution in [0, 0.1) is 0 Å². The van der Waals surface area contributed by atoms with E-state index < -0.39 is 5.97 Å². The number of hydrogen-bond acceptors (Lipinski definition) is 5. The van der Waals surface area contributed by atoms with Gasteiger partial charge in [-0.2, -0.15) is 0 Å². The van der Waals surface area contributed by atoms with Crippen LogP contribution in [0.4, 0.5) is 0 Å². The Morgan fingerprint density at radius 1 is 1.44 bits per heavy atom. The molecule has 3 rings (SSSR count). The van der Waals surface area contributed by atoms with E-state index in [1.54, 1.807) is 12.1 Å². The summed E-state index contributed by atoms with van der Waals surface area (Å²) in [6, 6.07) is 3.44. The van der Waals surface area contributed by atoms with Crippen molar-refractivity contribution < 1.29 is 14.3 Å². The number of rotatable bonds is 2. The molecule has 6 heteroatoms. The van der Waals surface area contributed by atoms with Gasteiger partial charge in [0.15, 0.2) is 17.3 Å². The van der Waals surface area contributed by atoms with Gasteiger partial charge in [0.05, 0.1) is 12.0 Å². The fourth-order valence-electron chi connectivity index (χ4n) is 2.04. The molecule has 0 aliphatic carbocycles. The van der Waals surface area contributed by atoms with Crippen molar-refractivity contribution in [3.63, 3.8) is 0 Å². The van der Waals surface area contributed by atoms with Crippen molar-refractivity contribution in [2.75, 3.05) is 6.54 Å². The zero-order valence-corrected chi connectivity index (χ0v) is 9.51. The first-order valence-electron chi connectivity index (χ1n) is 5.63. The number of aromatic carboxylic acids is 1. The Morgan fingerprint density at radius 3 is 3.06 bits per heavy atom. The third-order valence-corrected chi connectivity index (χ3v) is 2.88. The summed E-state index contributed by atoms with van der Waals surface area (Å²) in [5, 5.41) is 12.3. The fraction of sp³-hybridized carbons (Fsp3) is 0.250. The molecule has 1 aliphatic rings. The van der Waals surface area contributed by atoms with Gasteiger partial charge in [-0.1, -0.05) is 0 Å². The first-order valence-corrected chi connectivity index (χ1v) is 5.63. The molecule has 1 aliphatic heterocycles. The van der Waals surface area contributed by atoms with Crippen LogP contribution in [-0.4, -0.2) is 27.6 Å². The standard InChI is InChI=1S/C12H11N3O3/c16-12(17)10-7-6-13-4-3-8(7)14-11(15-10)9-2-1-5-18-9/h1-2,5,13H,3-4,6H2,(H,16,17). The molecular formula is C12H11N3O3. The van der Waals surface area contributed by atoms with E-state index in [0.29, 0.717) is 30.1 Å². The fourth-order valence-corrected chi connectivity index (χ4v) is 2.04. The number of hydrogen-bond donors (Lipinski definition) is 2. The van der Waals surface area contributed by atoms with Gasteiger partial charge in [0.2, 0.25) is 0 Å². The number of furan rings is 1. The number of nitrogens with zero attached hydrogens (tertiary/aromatic N) is 2. The second-order valence-corrected chi connectivity index (χ2v) is 4.03. The van der Waals surface area contributed by atoms with Gasteiger partial charge < -0.3 is 14.8 Å². The van der Waals surface area contributed by atoms with E-state index in [2.05, 4.69) is 15.3 Å². The highest BCUT2D eigenvalue weighted by atomic mass is 16.4. The molecule has 0 saturated heterocycles. The van der Waals surface area contributed by atoms with Crippen LogP contribution >= 0.6 is 0 Å². The minimum atomic E-state index is -1.04. The van der Waals surface area contributed by atoms with E-state index in [4.69, 9.17) is 4.42 Å². The Labute approximate surface area is 103 Å². The zero-order valence-electron chi connectivity index (χ0n) is 9.51. The molecule has 2 N–H and O–H groups in total. The summed E-state index contributed by atoms with van der Waals surface area (Å²) in [6.45, 7) is 1.29. The number of nitrogens with one attached hydrogen (secondary N) is 1. The van der Waals surface area contributed by atoms with Crippen LogP contribution in [0.25, 0.3) is 11.6 Å². The summed E-state index contributed by atoms with van der Waals surface area (Å²) in [6.07, 6.45) is 2.21. The maximum atomic E-state index is 11.2. The molecule has 0 saturated carbocycles. The predicted molar refractivity (Wildman–Crippen MR) is 62.1 cm³/mol. The summed E-state index contributed by atoms with van der Waals surface area (Å²) < 4.78 is 5.21. The molecule has 18 heavy (non-hydrogen) atoms.